The van der Waals surface area contributed by atoms with Crippen molar-refractivity contribution in [2.24, 2.45) is 0 Å². The standard InChI is InChI=1S/C25H23NO4/c1-15(2)17-12-11-16(24(27)28)13-23(17)26-25(29)30-14-22-20-9-5-3-7-18(20)19-8-4-6-10-21(19)22/h3-13,15,22H,14H2,1-2H3,(H,26,29)(H,27,28). The van der Waals surface area contributed by atoms with Gasteiger partial charge in [-0.15, -0.1) is 0 Å². The van der Waals surface area contributed by atoms with Crippen molar-refractivity contribution in [3.05, 3.63) is 89.0 Å². The zero-order chi connectivity index (χ0) is 21.3. The second-order valence-electron chi connectivity index (χ2n) is 7.71. The maximum Gasteiger partial charge on any atom is 0.411 e. The Kier molecular flexibility index (Phi) is 5.27. The largest absolute Gasteiger partial charge is 0.478 e. The Hall–Kier alpha value is -3.60. The molecular formula is C25H23NO4. The van der Waals surface area contributed by atoms with Crippen LogP contribution in [0.5, 0.6) is 0 Å². The van der Waals surface area contributed by atoms with Crippen molar-refractivity contribution < 1.29 is 19.4 Å². The number of carbonyl (C=O) groups is 2. The molecule has 1 aliphatic rings. The van der Waals surface area contributed by atoms with E-state index in [0.717, 1.165) is 16.7 Å². The number of amides is 1. The van der Waals surface area contributed by atoms with E-state index >= 15 is 0 Å². The monoisotopic (exact) mass is 401 g/mol. The SMILES string of the molecule is CC(C)c1ccc(C(=O)O)cc1NC(=O)OCC1c2ccccc2-c2ccccc21. The summed E-state index contributed by atoms with van der Waals surface area (Å²) in [4.78, 5) is 23.9. The summed E-state index contributed by atoms with van der Waals surface area (Å²) in [7, 11) is 0. The fourth-order valence-electron chi connectivity index (χ4n) is 4.05. The molecule has 0 unspecified atom stereocenters. The molecule has 152 valence electrons. The molecule has 5 nitrogen and oxygen atoms in total. The summed E-state index contributed by atoms with van der Waals surface area (Å²) in [6.45, 7) is 4.17. The number of anilines is 1. The lowest BCUT2D eigenvalue weighted by molar-refractivity contribution is 0.0696. The average molecular weight is 401 g/mol. The van der Waals surface area contributed by atoms with E-state index in [1.165, 1.54) is 17.2 Å². The van der Waals surface area contributed by atoms with Gasteiger partial charge in [0.25, 0.3) is 0 Å². The van der Waals surface area contributed by atoms with E-state index in [1.807, 2.05) is 38.1 Å². The molecule has 3 aromatic carbocycles. The zero-order valence-corrected chi connectivity index (χ0v) is 16.9. The Morgan fingerprint density at radius 3 is 2.13 bits per heavy atom. The molecule has 0 saturated heterocycles. The van der Waals surface area contributed by atoms with Crippen molar-refractivity contribution in [2.75, 3.05) is 11.9 Å². The highest BCUT2D eigenvalue weighted by Gasteiger charge is 2.29. The first kappa shape index (κ1) is 19.7. The van der Waals surface area contributed by atoms with Gasteiger partial charge in [-0.1, -0.05) is 68.4 Å². The summed E-state index contributed by atoms with van der Waals surface area (Å²) < 4.78 is 5.58. The lowest BCUT2D eigenvalue weighted by atomic mass is 9.98. The molecule has 30 heavy (non-hydrogen) atoms. The van der Waals surface area contributed by atoms with Crippen LogP contribution in [0.1, 0.15) is 52.7 Å². The van der Waals surface area contributed by atoms with Crippen LogP contribution in [0.2, 0.25) is 0 Å². The van der Waals surface area contributed by atoms with Gasteiger partial charge in [0, 0.05) is 11.6 Å². The van der Waals surface area contributed by atoms with E-state index in [0.29, 0.717) is 5.69 Å². The van der Waals surface area contributed by atoms with E-state index in [2.05, 4.69) is 29.6 Å². The van der Waals surface area contributed by atoms with Crippen LogP contribution < -0.4 is 5.32 Å². The van der Waals surface area contributed by atoms with Gasteiger partial charge in [-0.2, -0.15) is 0 Å². The summed E-state index contributed by atoms with van der Waals surface area (Å²) >= 11 is 0. The molecule has 2 N–H and O–H groups in total. The lowest BCUT2D eigenvalue weighted by Gasteiger charge is -2.17. The number of aromatic carboxylic acids is 1. The van der Waals surface area contributed by atoms with Crippen molar-refractivity contribution in [3.63, 3.8) is 0 Å². The van der Waals surface area contributed by atoms with Crippen LogP contribution in [0.15, 0.2) is 66.7 Å². The Bertz CT molecular complexity index is 1070. The van der Waals surface area contributed by atoms with Gasteiger partial charge in [0.2, 0.25) is 0 Å². The van der Waals surface area contributed by atoms with E-state index in [9.17, 15) is 14.7 Å². The van der Waals surface area contributed by atoms with E-state index in [4.69, 9.17) is 4.74 Å². The number of fused-ring (bicyclic) bond motifs is 3. The fraction of sp³-hybridized carbons (Fsp3) is 0.200. The minimum Gasteiger partial charge on any atom is -0.478 e. The molecule has 0 bridgehead atoms. The summed E-state index contributed by atoms with van der Waals surface area (Å²) in [6, 6.07) is 21.0. The van der Waals surface area contributed by atoms with Gasteiger partial charge in [-0.3, -0.25) is 5.32 Å². The molecule has 0 spiro atoms. The predicted molar refractivity (Wildman–Crippen MR) is 116 cm³/mol. The third kappa shape index (κ3) is 3.66. The van der Waals surface area contributed by atoms with Crippen molar-refractivity contribution in [2.45, 2.75) is 25.7 Å². The molecule has 5 heteroatoms. The van der Waals surface area contributed by atoms with Crippen LogP contribution in [-0.2, 0) is 4.74 Å². The minimum absolute atomic E-state index is 0.0296. The molecular weight excluding hydrogens is 378 g/mol. The maximum atomic E-state index is 12.6. The number of carboxylic acid groups (broad SMARTS) is 1. The number of nitrogens with one attached hydrogen (secondary N) is 1. The second-order valence-corrected chi connectivity index (χ2v) is 7.71. The van der Waals surface area contributed by atoms with E-state index in [1.54, 1.807) is 12.1 Å². The number of benzene rings is 3. The van der Waals surface area contributed by atoms with Gasteiger partial charge >= 0.3 is 12.1 Å². The Morgan fingerprint density at radius 2 is 1.57 bits per heavy atom. The van der Waals surface area contributed by atoms with Crippen LogP contribution >= 0.6 is 0 Å². The number of carbonyl (C=O) groups excluding carboxylic acids is 1. The molecule has 0 saturated carbocycles. The molecule has 0 fully saturated rings. The third-order valence-corrected chi connectivity index (χ3v) is 5.50. The first-order valence-corrected chi connectivity index (χ1v) is 9.95. The van der Waals surface area contributed by atoms with Gasteiger partial charge in [0.05, 0.1) is 5.56 Å². The maximum absolute atomic E-state index is 12.6. The second kappa shape index (κ2) is 8.03. The van der Waals surface area contributed by atoms with Gasteiger partial charge in [-0.05, 0) is 45.9 Å². The summed E-state index contributed by atoms with van der Waals surface area (Å²) in [6.07, 6.45) is -0.596. The number of rotatable bonds is 5. The minimum atomic E-state index is -1.04. The summed E-state index contributed by atoms with van der Waals surface area (Å²) in [5, 5.41) is 12.0. The normalized spacial score (nSPS) is 12.4. The van der Waals surface area contributed by atoms with Gasteiger partial charge in [-0.25, -0.2) is 9.59 Å². The van der Waals surface area contributed by atoms with Crippen molar-refractivity contribution in [1.82, 2.24) is 0 Å². The van der Waals surface area contributed by atoms with Crippen LogP contribution in [0.4, 0.5) is 10.5 Å². The molecule has 0 radical (unpaired) electrons. The molecule has 1 aliphatic carbocycles. The Balaban J connectivity index is 1.53. The Labute approximate surface area is 175 Å². The van der Waals surface area contributed by atoms with Crippen LogP contribution in [-0.4, -0.2) is 23.8 Å². The van der Waals surface area contributed by atoms with Crippen molar-refractivity contribution in [1.29, 1.82) is 0 Å². The number of hydrogen-bond donors (Lipinski definition) is 2. The number of hydrogen-bond acceptors (Lipinski definition) is 3. The highest BCUT2D eigenvalue weighted by Crippen LogP contribution is 2.44. The Morgan fingerprint density at radius 1 is 0.967 bits per heavy atom. The summed E-state index contributed by atoms with van der Waals surface area (Å²) in [5.41, 5.74) is 6.05. The molecule has 0 aliphatic heterocycles. The average Bonchev–Trinajstić information content (AvgIpc) is 3.06. The predicted octanol–water partition coefficient (Wildman–Crippen LogP) is 5.87. The molecule has 0 heterocycles. The lowest BCUT2D eigenvalue weighted by Crippen LogP contribution is -2.19. The first-order chi connectivity index (χ1) is 14.5. The first-order valence-electron chi connectivity index (χ1n) is 9.95. The van der Waals surface area contributed by atoms with Crippen molar-refractivity contribution in [3.8, 4) is 11.1 Å². The van der Waals surface area contributed by atoms with Gasteiger partial charge < -0.3 is 9.84 Å². The zero-order valence-electron chi connectivity index (χ0n) is 16.9. The molecule has 0 aromatic heterocycles. The number of carboxylic acids is 1. The summed E-state index contributed by atoms with van der Waals surface area (Å²) in [5.74, 6) is -0.948. The van der Waals surface area contributed by atoms with E-state index in [-0.39, 0.29) is 24.0 Å². The van der Waals surface area contributed by atoms with E-state index < -0.39 is 12.1 Å². The van der Waals surface area contributed by atoms with Crippen LogP contribution in [0.25, 0.3) is 11.1 Å². The van der Waals surface area contributed by atoms with Gasteiger partial charge in [0.1, 0.15) is 6.61 Å². The number of ether oxygens (including phenoxy) is 1. The van der Waals surface area contributed by atoms with Gasteiger partial charge in [0.15, 0.2) is 0 Å². The molecule has 0 atom stereocenters. The highest BCUT2D eigenvalue weighted by molar-refractivity contribution is 5.92. The highest BCUT2D eigenvalue weighted by atomic mass is 16.5. The topological polar surface area (TPSA) is 75.6 Å². The molecule has 3 aromatic rings. The smallest absolute Gasteiger partial charge is 0.411 e. The fourth-order valence-corrected chi connectivity index (χ4v) is 4.05. The molecule has 4 rings (SSSR count). The third-order valence-electron chi connectivity index (χ3n) is 5.50. The van der Waals surface area contributed by atoms with Crippen LogP contribution in [0.3, 0.4) is 0 Å². The quantitative estimate of drug-likeness (QED) is 0.561. The molecule has 1 amide bonds. The van der Waals surface area contributed by atoms with Crippen molar-refractivity contribution >= 4 is 17.7 Å². The van der Waals surface area contributed by atoms with Crippen LogP contribution in [0, 0.1) is 0 Å².